The van der Waals surface area contributed by atoms with Crippen molar-refractivity contribution in [3.8, 4) is 0 Å². The predicted octanol–water partition coefficient (Wildman–Crippen LogP) is 1.27. The first-order valence-electron chi connectivity index (χ1n) is 6.40. The van der Waals surface area contributed by atoms with Crippen molar-refractivity contribution in [2.45, 2.75) is 39.2 Å². The van der Waals surface area contributed by atoms with Gasteiger partial charge in [-0.25, -0.2) is 0 Å². The molecular weight excluding hydrogens is 218 g/mol. The standard InChI is InChI=1S/C12H21N3O2/c1-9-14-12(15-17-9)7-13-6-10-4-2-3-5-11(10)8-16/h10-11,13,16H,2-8H2,1H3. The molecule has 0 saturated heterocycles. The lowest BCUT2D eigenvalue weighted by Crippen LogP contribution is -2.32. The molecule has 2 N–H and O–H groups in total. The molecule has 0 aliphatic heterocycles. The highest BCUT2D eigenvalue weighted by molar-refractivity contribution is 4.84. The summed E-state index contributed by atoms with van der Waals surface area (Å²) in [6, 6.07) is 0. The van der Waals surface area contributed by atoms with Crippen molar-refractivity contribution in [2.24, 2.45) is 11.8 Å². The average molecular weight is 239 g/mol. The highest BCUT2D eigenvalue weighted by atomic mass is 16.5. The fraction of sp³-hybridized carbons (Fsp3) is 0.833. The smallest absolute Gasteiger partial charge is 0.223 e. The Bertz CT molecular complexity index is 340. The number of nitrogens with zero attached hydrogens (tertiary/aromatic N) is 2. The largest absolute Gasteiger partial charge is 0.396 e. The predicted molar refractivity (Wildman–Crippen MR) is 63.3 cm³/mol. The van der Waals surface area contributed by atoms with E-state index in [1.54, 1.807) is 6.92 Å². The van der Waals surface area contributed by atoms with Gasteiger partial charge in [-0.2, -0.15) is 4.98 Å². The van der Waals surface area contributed by atoms with Gasteiger partial charge >= 0.3 is 0 Å². The van der Waals surface area contributed by atoms with Crippen LogP contribution >= 0.6 is 0 Å². The Morgan fingerprint density at radius 3 is 2.76 bits per heavy atom. The Kier molecular flexibility index (Phi) is 4.50. The van der Waals surface area contributed by atoms with Crippen LogP contribution in [0.3, 0.4) is 0 Å². The van der Waals surface area contributed by atoms with Crippen LogP contribution in [0.4, 0.5) is 0 Å². The quantitative estimate of drug-likeness (QED) is 0.809. The summed E-state index contributed by atoms with van der Waals surface area (Å²) in [5, 5.41) is 16.5. The third kappa shape index (κ3) is 3.51. The first kappa shape index (κ1) is 12.5. The minimum Gasteiger partial charge on any atom is -0.396 e. The second kappa shape index (κ2) is 6.12. The van der Waals surface area contributed by atoms with E-state index in [-0.39, 0.29) is 0 Å². The Labute approximate surface area is 102 Å². The topological polar surface area (TPSA) is 71.2 Å². The number of aromatic nitrogens is 2. The molecule has 0 bridgehead atoms. The van der Waals surface area contributed by atoms with Crippen LogP contribution < -0.4 is 5.32 Å². The van der Waals surface area contributed by atoms with E-state index in [1.807, 2.05) is 0 Å². The summed E-state index contributed by atoms with van der Waals surface area (Å²) >= 11 is 0. The number of rotatable bonds is 5. The van der Waals surface area contributed by atoms with Crippen molar-refractivity contribution in [3.63, 3.8) is 0 Å². The van der Waals surface area contributed by atoms with Gasteiger partial charge in [-0.15, -0.1) is 0 Å². The molecule has 1 aromatic heterocycles. The highest BCUT2D eigenvalue weighted by Gasteiger charge is 2.23. The Balaban J connectivity index is 1.73. The van der Waals surface area contributed by atoms with E-state index in [4.69, 9.17) is 4.52 Å². The SMILES string of the molecule is Cc1nc(CNCC2CCCCC2CO)no1. The zero-order valence-corrected chi connectivity index (χ0v) is 10.4. The Morgan fingerprint density at radius 2 is 2.12 bits per heavy atom. The molecule has 2 unspecified atom stereocenters. The molecule has 1 aromatic rings. The van der Waals surface area contributed by atoms with Crippen molar-refractivity contribution in [1.29, 1.82) is 0 Å². The third-order valence-electron chi connectivity index (χ3n) is 3.56. The first-order chi connectivity index (χ1) is 8.29. The van der Waals surface area contributed by atoms with Crippen molar-refractivity contribution < 1.29 is 9.63 Å². The van der Waals surface area contributed by atoms with Gasteiger partial charge in [0.05, 0.1) is 6.54 Å². The lowest BCUT2D eigenvalue weighted by Gasteiger charge is -2.30. The second-order valence-electron chi connectivity index (χ2n) is 4.85. The van der Waals surface area contributed by atoms with Gasteiger partial charge in [0, 0.05) is 13.5 Å². The molecule has 1 aliphatic carbocycles. The van der Waals surface area contributed by atoms with Crippen LogP contribution in [0.5, 0.6) is 0 Å². The molecule has 1 saturated carbocycles. The summed E-state index contributed by atoms with van der Waals surface area (Å²) < 4.78 is 4.91. The van der Waals surface area contributed by atoms with Gasteiger partial charge in [0.15, 0.2) is 5.82 Å². The highest BCUT2D eigenvalue weighted by Crippen LogP contribution is 2.29. The van der Waals surface area contributed by atoms with Crippen molar-refractivity contribution in [2.75, 3.05) is 13.2 Å². The van der Waals surface area contributed by atoms with Crippen molar-refractivity contribution in [3.05, 3.63) is 11.7 Å². The van der Waals surface area contributed by atoms with Crippen LogP contribution in [0.15, 0.2) is 4.52 Å². The molecule has 5 heteroatoms. The van der Waals surface area contributed by atoms with E-state index >= 15 is 0 Å². The molecule has 1 heterocycles. The minimum absolute atomic E-state index is 0.313. The summed E-state index contributed by atoms with van der Waals surface area (Å²) in [5.74, 6) is 2.36. The molecule has 0 aromatic carbocycles. The van der Waals surface area contributed by atoms with E-state index in [0.717, 1.165) is 13.0 Å². The maximum absolute atomic E-state index is 9.31. The molecule has 1 fully saturated rings. The van der Waals surface area contributed by atoms with Gasteiger partial charge in [0.1, 0.15) is 0 Å². The minimum atomic E-state index is 0.313. The number of aliphatic hydroxyl groups is 1. The van der Waals surface area contributed by atoms with E-state index in [2.05, 4.69) is 15.5 Å². The summed E-state index contributed by atoms with van der Waals surface area (Å²) in [5.41, 5.74) is 0. The van der Waals surface area contributed by atoms with E-state index in [0.29, 0.717) is 36.7 Å². The lowest BCUT2D eigenvalue weighted by molar-refractivity contribution is 0.133. The molecule has 1 aliphatic rings. The van der Waals surface area contributed by atoms with E-state index in [1.165, 1.54) is 19.3 Å². The maximum Gasteiger partial charge on any atom is 0.223 e. The molecule has 2 atom stereocenters. The summed E-state index contributed by atoms with van der Waals surface area (Å²) in [7, 11) is 0. The summed E-state index contributed by atoms with van der Waals surface area (Å²) in [4.78, 5) is 4.14. The van der Waals surface area contributed by atoms with E-state index in [9.17, 15) is 5.11 Å². The average Bonchev–Trinajstić information content (AvgIpc) is 2.76. The first-order valence-corrected chi connectivity index (χ1v) is 6.40. The molecule has 0 radical (unpaired) electrons. The molecule has 0 amide bonds. The van der Waals surface area contributed by atoms with Gasteiger partial charge in [0.25, 0.3) is 0 Å². The summed E-state index contributed by atoms with van der Waals surface area (Å²) in [6.07, 6.45) is 4.91. The van der Waals surface area contributed by atoms with E-state index < -0.39 is 0 Å². The molecule has 2 rings (SSSR count). The number of hydrogen-bond acceptors (Lipinski definition) is 5. The van der Waals surface area contributed by atoms with Gasteiger partial charge < -0.3 is 14.9 Å². The van der Waals surface area contributed by atoms with Crippen LogP contribution in [0.25, 0.3) is 0 Å². The maximum atomic E-state index is 9.31. The lowest BCUT2D eigenvalue weighted by atomic mass is 9.79. The number of aliphatic hydroxyl groups excluding tert-OH is 1. The van der Waals surface area contributed by atoms with Gasteiger partial charge in [-0.3, -0.25) is 0 Å². The van der Waals surface area contributed by atoms with Crippen LogP contribution in [-0.4, -0.2) is 28.4 Å². The number of nitrogens with one attached hydrogen (secondary N) is 1. The fourth-order valence-corrected chi connectivity index (χ4v) is 2.58. The van der Waals surface area contributed by atoms with Crippen LogP contribution in [0.2, 0.25) is 0 Å². The molecular formula is C12H21N3O2. The molecule has 0 spiro atoms. The van der Waals surface area contributed by atoms with Crippen LogP contribution in [0, 0.1) is 18.8 Å². The zero-order chi connectivity index (χ0) is 12.1. The molecule has 96 valence electrons. The number of hydrogen-bond donors (Lipinski definition) is 2. The fourth-order valence-electron chi connectivity index (χ4n) is 2.58. The van der Waals surface area contributed by atoms with Crippen LogP contribution in [0.1, 0.15) is 37.4 Å². The second-order valence-corrected chi connectivity index (χ2v) is 4.85. The summed E-state index contributed by atoms with van der Waals surface area (Å²) in [6.45, 7) is 3.68. The van der Waals surface area contributed by atoms with Crippen molar-refractivity contribution >= 4 is 0 Å². The molecule has 5 nitrogen and oxygen atoms in total. The van der Waals surface area contributed by atoms with Crippen LogP contribution in [-0.2, 0) is 6.54 Å². The zero-order valence-electron chi connectivity index (χ0n) is 10.4. The Hall–Kier alpha value is -0.940. The van der Waals surface area contributed by atoms with Gasteiger partial charge in [-0.05, 0) is 31.2 Å². The normalized spacial score (nSPS) is 25.1. The Morgan fingerprint density at radius 1 is 1.35 bits per heavy atom. The molecule has 17 heavy (non-hydrogen) atoms. The van der Waals surface area contributed by atoms with Crippen molar-refractivity contribution in [1.82, 2.24) is 15.5 Å². The third-order valence-corrected chi connectivity index (χ3v) is 3.56. The number of aryl methyl sites for hydroxylation is 1. The monoisotopic (exact) mass is 239 g/mol. The van der Waals surface area contributed by atoms with Gasteiger partial charge in [-0.1, -0.05) is 18.0 Å². The van der Waals surface area contributed by atoms with Gasteiger partial charge in [0.2, 0.25) is 5.89 Å².